The van der Waals surface area contributed by atoms with Crippen molar-refractivity contribution in [1.29, 1.82) is 0 Å². The minimum absolute atomic E-state index is 0.653. The van der Waals surface area contributed by atoms with Crippen LogP contribution < -0.4 is 10.6 Å². The molecule has 2 rings (SSSR count). The van der Waals surface area contributed by atoms with E-state index in [1.807, 2.05) is 14.1 Å². The fourth-order valence-corrected chi connectivity index (χ4v) is 2.11. The first kappa shape index (κ1) is 11.9. The summed E-state index contributed by atoms with van der Waals surface area (Å²) >= 11 is 0. The Morgan fingerprint density at radius 3 is 2.71 bits per heavy atom. The van der Waals surface area contributed by atoms with Crippen molar-refractivity contribution < 1.29 is 0 Å². The van der Waals surface area contributed by atoms with Gasteiger partial charge in [-0.2, -0.15) is 0 Å². The summed E-state index contributed by atoms with van der Waals surface area (Å²) in [5.41, 5.74) is 9.17. The lowest BCUT2D eigenvalue weighted by atomic mass is 10.1. The number of aryl methyl sites for hydroxylation is 1. The van der Waals surface area contributed by atoms with Crippen LogP contribution in [-0.2, 0) is 6.42 Å². The van der Waals surface area contributed by atoms with E-state index >= 15 is 0 Å². The van der Waals surface area contributed by atoms with Crippen molar-refractivity contribution in [2.45, 2.75) is 13.3 Å². The third-order valence-corrected chi connectivity index (χ3v) is 2.94. The van der Waals surface area contributed by atoms with Crippen molar-refractivity contribution in [3.8, 4) is 0 Å². The standard InChI is InChI=1S/C14H19N3/c1-10-5-4-6-11-9-12(7-8-15)14(17(2)3)16-13(10)11/h4-6,9H,7-8,15H2,1-3H3. The second kappa shape index (κ2) is 4.72. The molecular formula is C14H19N3. The maximum absolute atomic E-state index is 5.66. The monoisotopic (exact) mass is 229 g/mol. The Labute approximate surface area is 102 Å². The Morgan fingerprint density at radius 1 is 1.29 bits per heavy atom. The van der Waals surface area contributed by atoms with E-state index in [9.17, 15) is 0 Å². The van der Waals surface area contributed by atoms with Gasteiger partial charge in [0.25, 0.3) is 0 Å². The molecule has 2 aromatic rings. The van der Waals surface area contributed by atoms with Gasteiger partial charge in [-0.3, -0.25) is 0 Å². The predicted molar refractivity (Wildman–Crippen MR) is 73.6 cm³/mol. The molecule has 17 heavy (non-hydrogen) atoms. The number of hydrogen-bond donors (Lipinski definition) is 1. The van der Waals surface area contributed by atoms with Crippen LogP contribution in [0.2, 0.25) is 0 Å². The molecule has 0 spiro atoms. The first-order chi connectivity index (χ1) is 8.13. The van der Waals surface area contributed by atoms with Crippen LogP contribution >= 0.6 is 0 Å². The Bertz CT molecular complexity index is 532. The van der Waals surface area contributed by atoms with Crippen LogP contribution in [0.5, 0.6) is 0 Å². The highest BCUT2D eigenvalue weighted by atomic mass is 15.1. The van der Waals surface area contributed by atoms with E-state index < -0.39 is 0 Å². The maximum Gasteiger partial charge on any atom is 0.132 e. The fourth-order valence-electron chi connectivity index (χ4n) is 2.11. The first-order valence-electron chi connectivity index (χ1n) is 5.90. The summed E-state index contributed by atoms with van der Waals surface area (Å²) in [6.07, 6.45) is 0.865. The number of benzene rings is 1. The summed E-state index contributed by atoms with van der Waals surface area (Å²) in [5.74, 6) is 1.03. The van der Waals surface area contributed by atoms with Gasteiger partial charge >= 0.3 is 0 Å². The largest absolute Gasteiger partial charge is 0.362 e. The Kier molecular flexibility index (Phi) is 3.29. The number of hydrogen-bond acceptors (Lipinski definition) is 3. The molecule has 0 saturated carbocycles. The summed E-state index contributed by atoms with van der Waals surface area (Å²) < 4.78 is 0. The van der Waals surface area contributed by atoms with Gasteiger partial charge in [0.05, 0.1) is 5.52 Å². The van der Waals surface area contributed by atoms with Crippen molar-refractivity contribution in [2.75, 3.05) is 25.5 Å². The van der Waals surface area contributed by atoms with Gasteiger partial charge in [0.1, 0.15) is 5.82 Å². The number of rotatable bonds is 3. The number of aromatic nitrogens is 1. The van der Waals surface area contributed by atoms with Crippen LogP contribution in [0.1, 0.15) is 11.1 Å². The van der Waals surface area contributed by atoms with Crippen LogP contribution in [0, 0.1) is 6.92 Å². The lowest BCUT2D eigenvalue weighted by Crippen LogP contribution is -2.15. The highest BCUT2D eigenvalue weighted by Crippen LogP contribution is 2.24. The molecule has 90 valence electrons. The van der Waals surface area contributed by atoms with Gasteiger partial charge in [-0.15, -0.1) is 0 Å². The number of para-hydroxylation sites is 1. The zero-order valence-corrected chi connectivity index (χ0v) is 10.7. The molecule has 3 heteroatoms. The summed E-state index contributed by atoms with van der Waals surface area (Å²) in [7, 11) is 4.04. The molecule has 1 aromatic heterocycles. The van der Waals surface area contributed by atoms with Gasteiger partial charge < -0.3 is 10.6 Å². The second-order valence-corrected chi connectivity index (χ2v) is 4.55. The van der Waals surface area contributed by atoms with E-state index in [1.54, 1.807) is 0 Å². The molecule has 0 aliphatic carbocycles. The molecule has 0 amide bonds. The van der Waals surface area contributed by atoms with Crippen molar-refractivity contribution in [1.82, 2.24) is 4.98 Å². The smallest absolute Gasteiger partial charge is 0.132 e. The average molecular weight is 229 g/mol. The molecule has 1 aromatic carbocycles. The average Bonchev–Trinajstić information content (AvgIpc) is 2.29. The zero-order valence-electron chi connectivity index (χ0n) is 10.7. The molecule has 0 bridgehead atoms. The van der Waals surface area contributed by atoms with Crippen molar-refractivity contribution in [3.63, 3.8) is 0 Å². The van der Waals surface area contributed by atoms with E-state index in [-0.39, 0.29) is 0 Å². The molecule has 3 nitrogen and oxygen atoms in total. The van der Waals surface area contributed by atoms with Crippen LogP contribution in [0.3, 0.4) is 0 Å². The van der Waals surface area contributed by atoms with Crippen molar-refractivity contribution in [2.24, 2.45) is 5.73 Å². The molecule has 0 aliphatic heterocycles. The molecule has 2 N–H and O–H groups in total. The third kappa shape index (κ3) is 2.24. The molecule has 0 fully saturated rings. The maximum atomic E-state index is 5.66. The minimum atomic E-state index is 0.653. The summed E-state index contributed by atoms with van der Waals surface area (Å²) in [4.78, 5) is 6.82. The highest BCUT2D eigenvalue weighted by Gasteiger charge is 2.09. The Balaban J connectivity index is 2.68. The molecule has 1 heterocycles. The van der Waals surface area contributed by atoms with E-state index in [4.69, 9.17) is 10.7 Å². The van der Waals surface area contributed by atoms with Crippen LogP contribution in [0.15, 0.2) is 24.3 Å². The molecule has 0 aliphatic rings. The molecule has 0 unspecified atom stereocenters. The molecular weight excluding hydrogens is 210 g/mol. The fraction of sp³-hybridized carbons (Fsp3) is 0.357. The predicted octanol–water partition coefficient (Wildman–Crippen LogP) is 2.11. The van der Waals surface area contributed by atoms with Gasteiger partial charge in [0.15, 0.2) is 0 Å². The van der Waals surface area contributed by atoms with Gasteiger partial charge in [0, 0.05) is 19.5 Å². The number of fused-ring (bicyclic) bond motifs is 1. The van der Waals surface area contributed by atoms with Gasteiger partial charge in [-0.1, -0.05) is 18.2 Å². The first-order valence-corrected chi connectivity index (χ1v) is 5.90. The highest BCUT2D eigenvalue weighted by molar-refractivity contribution is 5.84. The normalized spacial score (nSPS) is 10.8. The minimum Gasteiger partial charge on any atom is -0.362 e. The Hall–Kier alpha value is -1.61. The molecule has 0 saturated heterocycles. The Morgan fingerprint density at radius 2 is 2.06 bits per heavy atom. The van der Waals surface area contributed by atoms with Crippen LogP contribution in [-0.4, -0.2) is 25.6 Å². The van der Waals surface area contributed by atoms with E-state index in [0.717, 1.165) is 17.8 Å². The summed E-state index contributed by atoms with van der Waals surface area (Å²) in [6.45, 7) is 2.75. The number of anilines is 1. The summed E-state index contributed by atoms with van der Waals surface area (Å²) in [6, 6.07) is 8.48. The van der Waals surface area contributed by atoms with Gasteiger partial charge in [0.2, 0.25) is 0 Å². The van der Waals surface area contributed by atoms with Crippen molar-refractivity contribution in [3.05, 3.63) is 35.4 Å². The lowest BCUT2D eigenvalue weighted by molar-refractivity contribution is 0.942. The van der Waals surface area contributed by atoms with E-state index in [1.165, 1.54) is 16.5 Å². The second-order valence-electron chi connectivity index (χ2n) is 4.55. The molecule has 0 atom stereocenters. The van der Waals surface area contributed by atoms with Crippen molar-refractivity contribution >= 4 is 16.7 Å². The SMILES string of the molecule is Cc1cccc2cc(CCN)c(N(C)C)nc12. The quantitative estimate of drug-likeness (QED) is 0.876. The number of pyridine rings is 1. The van der Waals surface area contributed by atoms with E-state index in [0.29, 0.717) is 6.54 Å². The van der Waals surface area contributed by atoms with E-state index in [2.05, 4.69) is 36.1 Å². The van der Waals surface area contributed by atoms with Gasteiger partial charge in [-0.25, -0.2) is 4.98 Å². The zero-order chi connectivity index (χ0) is 12.4. The van der Waals surface area contributed by atoms with Crippen LogP contribution in [0.25, 0.3) is 10.9 Å². The molecule has 0 radical (unpaired) electrons. The van der Waals surface area contributed by atoms with Gasteiger partial charge in [-0.05, 0) is 37.1 Å². The number of nitrogens with two attached hydrogens (primary N) is 1. The third-order valence-electron chi connectivity index (χ3n) is 2.94. The lowest BCUT2D eigenvalue weighted by Gasteiger charge is -2.17. The topological polar surface area (TPSA) is 42.1 Å². The number of nitrogens with zero attached hydrogens (tertiary/aromatic N) is 2. The summed E-state index contributed by atoms with van der Waals surface area (Å²) in [5, 5.41) is 1.19. The van der Waals surface area contributed by atoms with Crippen LogP contribution in [0.4, 0.5) is 5.82 Å².